The second-order valence-corrected chi connectivity index (χ2v) is 4.79. The molecule has 0 fully saturated rings. The molecule has 2 aromatic rings. The number of rotatable bonds is 4. The van der Waals surface area contributed by atoms with Crippen molar-refractivity contribution < 1.29 is 4.92 Å². The van der Waals surface area contributed by atoms with Crippen LogP contribution in [-0.2, 0) is 0 Å². The second-order valence-electron chi connectivity index (χ2n) is 4.35. The number of hydrogen-bond donors (Lipinski definition) is 2. The van der Waals surface area contributed by atoms with E-state index in [2.05, 4.69) is 5.32 Å². The normalized spacial score (nSPS) is 12.1. The van der Waals surface area contributed by atoms with Gasteiger partial charge in [-0.25, -0.2) is 0 Å². The van der Waals surface area contributed by atoms with Crippen LogP contribution in [0.15, 0.2) is 42.5 Å². The van der Waals surface area contributed by atoms with Gasteiger partial charge in [-0.05, 0) is 36.4 Å². The summed E-state index contributed by atoms with van der Waals surface area (Å²) >= 11 is 5.98. The average molecular weight is 292 g/mol. The maximum absolute atomic E-state index is 11.0. The molecule has 3 N–H and O–H groups in total. The van der Waals surface area contributed by atoms with Crippen LogP contribution in [0.2, 0.25) is 5.02 Å². The summed E-state index contributed by atoms with van der Waals surface area (Å²) < 4.78 is 0. The van der Waals surface area contributed by atoms with Crippen LogP contribution in [0.5, 0.6) is 0 Å². The Kier molecular flexibility index (Phi) is 4.22. The summed E-state index contributed by atoms with van der Waals surface area (Å²) in [6, 6.07) is 12.0. The molecule has 104 valence electrons. The maximum Gasteiger partial charge on any atom is 0.292 e. The molecule has 2 rings (SSSR count). The number of benzene rings is 2. The molecule has 6 heteroatoms. The third-order valence-electron chi connectivity index (χ3n) is 3.06. The van der Waals surface area contributed by atoms with Crippen molar-refractivity contribution >= 4 is 23.0 Å². The van der Waals surface area contributed by atoms with Gasteiger partial charge in [0.05, 0.1) is 11.0 Å². The van der Waals surface area contributed by atoms with Crippen molar-refractivity contribution in [3.8, 4) is 0 Å². The quantitative estimate of drug-likeness (QED) is 0.515. The van der Waals surface area contributed by atoms with Crippen LogP contribution in [0.3, 0.4) is 0 Å². The number of nitrogens with zero attached hydrogens (tertiary/aromatic N) is 1. The van der Waals surface area contributed by atoms with Gasteiger partial charge in [0.2, 0.25) is 0 Å². The van der Waals surface area contributed by atoms with E-state index in [9.17, 15) is 10.1 Å². The van der Waals surface area contributed by atoms with E-state index in [1.807, 2.05) is 18.2 Å². The minimum Gasteiger partial charge on any atom is -0.393 e. The molecular weight excluding hydrogens is 278 g/mol. The van der Waals surface area contributed by atoms with Gasteiger partial charge in [0.25, 0.3) is 5.69 Å². The molecule has 0 bridgehead atoms. The lowest BCUT2D eigenvalue weighted by molar-refractivity contribution is -0.384. The van der Waals surface area contributed by atoms with E-state index in [0.29, 0.717) is 5.02 Å². The lowest BCUT2D eigenvalue weighted by Gasteiger charge is -2.17. The van der Waals surface area contributed by atoms with Gasteiger partial charge < -0.3 is 11.1 Å². The molecule has 0 aliphatic rings. The summed E-state index contributed by atoms with van der Waals surface area (Å²) in [7, 11) is 1.79. The third kappa shape index (κ3) is 2.89. The number of anilines is 1. The van der Waals surface area contributed by atoms with Crippen LogP contribution >= 0.6 is 11.6 Å². The average Bonchev–Trinajstić information content (AvgIpc) is 2.41. The molecule has 0 saturated carbocycles. The van der Waals surface area contributed by atoms with Gasteiger partial charge in [0.15, 0.2) is 0 Å². The van der Waals surface area contributed by atoms with Gasteiger partial charge in [-0.2, -0.15) is 0 Å². The highest BCUT2D eigenvalue weighted by Gasteiger charge is 2.18. The van der Waals surface area contributed by atoms with Crippen molar-refractivity contribution in [2.24, 2.45) is 0 Å². The Morgan fingerprint density at radius 2 is 1.95 bits per heavy atom. The number of nitrogens with one attached hydrogen (secondary N) is 1. The Labute approximate surface area is 121 Å². The van der Waals surface area contributed by atoms with Crippen LogP contribution < -0.4 is 11.1 Å². The molecule has 0 heterocycles. The Hall–Kier alpha value is -2.11. The van der Waals surface area contributed by atoms with Crippen molar-refractivity contribution in [2.45, 2.75) is 6.04 Å². The summed E-state index contributed by atoms with van der Waals surface area (Å²) in [6.45, 7) is 0. The SMILES string of the molecule is CNC(c1cccc(Cl)c1)c1ccc(N)c([N+](=O)[O-])c1. The minimum absolute atomic E-state index is 0.0928. The molecule has 0 aliphatic heterocycles. The zero-order chi connectivity index (χ0) is 14.7. The zero-order valence-electron chi connectivity index (χ0n) is 10.8. The molecular formula is C14H14ClN3O2. The van der Waals surface area contributed by atoms with Crippen LogP contribution in [0.4, 0.5) is 11.4 Å². The molecule has 0 amide bonds. The Morgan fingerprint density at radius 3 is 2.55 bits per heavy atom. The monoisotopic (exact) mass is 291 g/mol. The van der Waals surface area contributed by atoms with Crippen molar-refractivity contribution in [3.63, 3.8) is 0 Å². The fourth-order valence-electron chi connectivity index (χ4n) is 2.11. The first kappa shape index (κ1) is 14.3. The number of nitrogen functional groups attached to an aromatic ring is 1. The van der Waals surface area contributed by atoms with Gasteiger partial charge in [-0.15, -0.1) is 0 Å². The van der Waals surface area contributed by atoms with E-state index in [-0.39, 0.29) is 17.4 Å². The predicted molar refractivity (Wildman–Crippen MR) is 79.9 cm³/mol. The smallest absolute Gasteiger partial charge is 0.292 e. The molecule has 0 aliphatic carbocycles. The number of nitrogens with two attached hydrogens (primary N) is 1. The van der Waals surface area contributed by atoms with Crippen molar-refractivity contribution in [2.75, 3.05) is 12.8 Å². The predicted octanol–water partition coefficient (Wildman–Crippen LogP) is 3.14. The minimum atomic E-state index is -0.483. The molecule has 0 aromatic heterocycles. The van der Waals surface area contributed by atoms with E-state index < -0.39 is 4.92 Å². The largest absolute Gasteiger partial charge is 0.393 e. The Morgan fingerprint density at radius 1 is 1.25 bits per heavy atom. The van der Waals surface area contributed by atoms with Gasteiger partial charge in [-0.1, -0.05) is 29.8 Å². The van der Waals surface area contributed by atoms with Gasteiger partial charge >= 0.3 is 0 Å². The van der Waals surface area contributed by atoms with Gasteiger partial charge in [0, 0.05) is 11.1 Å². The van der Waals surface area contributed by atoms with E-state index >= 15 is 0 Å². The molecule has 0 radical (unpaired) electrons. The maximum atomic E-state index is 11.0. The fourth-order valence-corrected chi connectivity index (χ4v) is 2.31. The molecule has 20 heavy (non-hydrogen) atoms. The lowest BCUT2D eigenvalue weighted by Crippen LogP contribution is -2.18. The molecule has 2 aromatic carbocycles. The summed E-state index contributed by atoms with van der Waals surface area (Å²) in [5.41, 5.74) is 7.36. The number of nitro benzene ring substituents is 1. The molecule has 1 unspecified atom stereocenters. The summed E-state index contributed by atoms with van der Waals surface area (Å²) in [6.07, 6.45) is 0. The van der Waals surface area contributed by atoms with Crippen molar-refractivity contribution in [1.82, 2.24) is 5.32 Å². The van der Waals surface area contributed by atoms with Gasteiger partial charge in [0.1, 0.15) is 5.69 Å². The topological polar surface area (TPSA) is 81.2 Å². The van der Waals surface area contributed by atoms with E-state index in [1.54, 1.807) is 25.2 Å². The highest BCUT2D eigenvalue weighted by Crippen LogP contribution is 2.29. The van der Waals surface area contributed by atoms with E-state index in [1.165, 1.54) is 6.07 Å². The lowest BCUT2D eigenvalue weighted by atomic mass is 9.98. The van der Waals surface area contributed by atoms with E-state index in [0.717, 1.165) is 11.1 Å². The van der Waals surface area contributed by atoms with Crippen LogP contribution in [0, 0.1) is 10.1 Å². The molecule has 0 saturated heterocycles. The number of halogens is 1. The van der Waals surface area contributed by atoms with Crippen LogP contribution in [0.1, 0.15) is 17.2 Å². The molecule has 0 spiro atoms. The Bertz CT molecular complexity index is 646. The molecule has 1 atom stereocenters. The summed E-state index contributed by atoms with van der Waals surface area (Å²) in [5, 5.41) is 14.7. The highest BCUT2D eigenvalue weighted by molar-refractivity contribution is 6.30. The number of nitro groups is 1. The third-order valence-corrected chi connectivity index (χ3v) is 3.29. The first-order valence-electron chi connectivity index (χ1n) is 5.99. The molecule has 5 nitrogen and oxygen atoms in total. The Balaban J connectivity index is 2.47. The first-order valence-corrected chi connectivity index (χ1v) is 6.37. The fraction of sp³-hybridized carbons (Fsp3) is 0.143. The summed E-state index contributed by atoms with van der Waals surface area (Å²) in [5.74, 6) is 0. The summed E-state index contributed by atoms with van der Waals surface area (Å²) in [4.78, 5) is 10.5. The van der Waals surface area contributed by atoms with Gasteiger partial charge in [-0.3, -0.25) is 10.1 Å². The van der Waals surface area contributed by atoms with Crippen LogP contribution in [-0.4, -0.2) is 12.0 Å². The first-order chi connectivity index (χ1) is 9.52. The van der Waals surface area contributed by atoms with E-state index in [4.69, 9.17) is 17.3 Å². The highest BCUT2D eigenvalue weighted by atomic mass is 35.5. The van der Waals surface area contributed by atoms with Crippen LogP contribution in [0.25, 0.3) is 0 Å². The number of hydrogen-bond acceptors (Lipinski definition) is 4. The standard InChI is InChI=1S/C14H14ClN3O2/c1-17-14(9-3-2-4-11(15)7-9)10-5-6-12(16)13(8-10)18(19)20/h2-8,14,17H,16H2,1H3. The zero-order valence-corrected chi connectivity index (χ0v) is 11.6. The van der Waals surface area contributed by atoms with Crippen molar-refractivity contribution in [3.05, 3.63) is 68.7 Å². The second kappa shape index (κ2) is 5.90. The van der Waals surface area contributed by atoms with Crippen molar-refractivity contribution in [1.29, 1.82) is 0 Å².